The Morgan fingerprint density at radius 1 is 1.42 bits per heavy atom. The van der Waals surface area contributed by atoms with E-state index < -0.39 is 27.6 Å². The van der Waals surface area contributed by atoms with Crippen LogP contribution in [0.5, 0.6) is 0 Å². The van der Waals surface area contributed by atoms with Crippen LogP contribution in [0, 0.1) is 0 Å². The van der Waals surface area contributed by atoms with Gasteiger partial charge in [-0.3, -0.25) is 4.79 Å². The van der Waals surface area contributed by atoms with Crippen LogP contribution in [0.3, 0.4) is 0 Å². The van der Waals surface area contributed by atoms with Crippen LogP contribution in [0.25, 0.3) is 0 Å². The average molecular weight is 201 g/mol. The quantitative estimate of drug-likeness (QED) is 0.702. The number of Topliss-reactive ketones (excluding diaryl/α,β-unsaturated/α-hetero) is 1. The third-order valence-corrected chi connectivity index (χ3v) is 2.34. The largest absolute Gasteiger partial charge is 0.350 e. The molecule has 0 aromatic carbocycles. The lowest BCUT2D eigenvalue weighted by molar-refractivity contribution is -0.118. The minimum absolute atomic E-state index is 0.515. The first kappa shape index (κ1) is 11.4. The van der Waals surface area contributed by atoms with Crippen LogP contribution < -0.4 is 4.72 Å². The molecule has 0 rings (SSSR count). The van der Waals surface area contributed by atoms with Gasteiger partial charge in [0.2, 0.25) is 0 Å². The molecule has 0 aromatic heterocycles. The predicted octanol–water partition coefficient (Wildman–Crippen LogP) is 0.106. The number of halogens is 2. The summed E-state index contributed by atoms with van der Waals surface area (Å²) in [5.41, 5.74) is 0. The molecule has 0 bridgehead atoms. The molecule has 1 unspecified atom stereocenters. The second-order valence-corrected chi connectivity index (χ2v) is 3.94. The maximum atomic E-state index is 11.7. The van der Waals surface area contributed by atoms with Gasteiger partial charge in [-0.2, -0.15) is 8.78 Å². The van der Waals surface area contributed by atoms with Crippen molar-refractivity contribution < 1.29 is 22.0 Å². The summed E-state index contributed by atoms with van der Waals surface area (Å²) in [5.74, 6) is -4.02. The first-order valence-corrected chi connectivity index (χ1v) is 4.61. The van der Waals surface area contributed by atoms with Gasteiger partial charge in [0.15, 0.2) is 0 Å². The molecular weight excluding hydrogens is 192 g/mol. The maximum absolute atomic E-state index is 11.7. The Kier molecular flexibility index (Phi) is 3.72. The first-order valence-electron chi connectivity index (χ1n) is 3.07. The van der Waals surface area contributed by atoms with E-state index in [0.717, 1.165) is 6.92 Å². The molecule has 12 heavy (non-hydrogen) atoms. The fourth-order valence-electron chi connectivity index (χ4n) is 0.381. The average Bonchev–Trinajstić information content (AvgIpc) is 1.85. The second kappa shape index (κ2) is 3.90. The maximum Gasteiger partial charge on any atom is 0.350 e. The zero-order valence-electron chi connectivity index (χ0n) is 6.54. The van der Waals surface area contributed by atoms with Crippen molar-refractivity contribution in [2.45, 2.75) is 25.6 Å². The van der Waals surface area contributed by atoms with Gasteiger partial charge in [0.1, 0.15) is 5.78 Å². The summed E-state index contributed by atoms with van der Waals surface area (Å²) >= 11 is 0. The van der Waals surface area contributed by atoms with E-state index in [2.05, 4.69) is 0 Å². The fraction of sp³-hybridized carbons (Fsp3) is 0.800. The molecule has 1 atom stereocenters. The van der Waals surface area contributed by atoms with Gasteiger partial charge in [-0.25, -0.2) is 13.1 Å². The molecule has 0 aliphatic heterocycles. The summed E-state index contributed by atoms with van der Waals surface area (Å²) in [6, 6.07) is -1.11. The number of hydrogen-bond donors (Lipinski definition) is 1. The summed E-state index contributed by atoms with van der Waals surface area (Å²) in [6.45, 7) is 2.31. The third-order valence-electron chi connectivity index (χ3n) is 1.19. The number of alkyl halides is 2. The van der Waals surface area contributed by atoms with E-state index in [0.29, 0.717) is 0 Å². The Hall–Kier alpha value is -0.560. The lowest BCUT2D eigenvalue weighted by Crippen LogP contribution is -2.40. The van der Waals surface area contributed by atoms with Crippen molar-refractivity contribution >= 4 is 15.8 Å². The predicted molar refractivity (Wildman–Crippen MR) is 38.2 cm³/mol. The molecule has 72 valence electrons. The van der Waals surface area contributed by atoms with Gasteiger partial charge in [0.05, 0.1) is 6.04 Å². The van der Waals surface area contributed by atoms with Crippen LogP contribution in [-0.2, 0) is 14.8 Å². The van der Waals surface area contributed by atoms with E-state index in [-0.39, 0.29) is 0 Å². The van der Waals surface area contributed by atoms with Crippen LogP contribution in [-0.4, -0.2) is 26.0 Å². The van der Waals surface area contributed by atoms with Crippen molar-refractivity contribution in [1.82, 2.24) is 4.72 Å². The van der Waals surface area contributed by atoms with Gasteiger partial charge >= 0.3 is 5.76 Å². The van der Waals surface area contributed by atoms with Crippen LogP contribution in [0.1, 0.15) is 13.8 Å². The Morgan fingerprint density at radius 3 is 2.08 bits per heavy atom. The minimum Gasteiger partial charge on any atom is -0.298 e. The normalized spacial score (nSPS) is 14.8. The van der Waals surface area contributed by atoms with Crippen molar-refractivity contribution in [3.05, 3.63) is 0 Å². The third kappa shape index (κ3) is 3.22. The van der Waals surface area contributed by atoms with Gasteiger partial charge in [0, 0.05) is 0 Å². The van der Waals surface area contributed by atoms with Gasteiger partial charge in [-0.15, -0.1) is 0 Å². The molecule has 0 radical (unpaired) electrons. The molecule has 0 aliphatic rings. The second-order valence-electron chi connectivity index (χ2n) is 2.26. The van der Waals surface area contributed by atoms with Crippen LogP contribution in [0.4, 0.5) is 8.78 Å². The Balaban J connectivity index is 4.37. The molecule has 0 amide bonds. The highest BCUT2D eigenvalue weighted by molar-refractivity contribution is 7.89. The van der Waals surface area contributed by atoms with E-state index in [4.69, 9.17) is 0 Å². The SMILES string of the molecule is CC(=O)C(C)NS(=O)(=O)C(F)F. The van der Waals surface area contributed by atoms with Crippen molar-refractivity contribution in [2.24, 2.45) is 0 Å². The molecule has 4 nitrogen and oxygen atoms in total. The van der Waals surface area contributed by atoms with E-state index in [9.17, 15) is 22.0 Å². The van der Waals surface area contributed by atoms with Gasteiger partial charge in [0.25, 0.3) is 10.0 Å². The van der Waals surface area contributed by atoms with Gasteiger partial charge < -0.3 is 0 Å². The zero-order chi connectivity index (χ0) is 9.94. The molecule has 1 N–H and O–H groups in total. The van der Waals surface area contributed by atoms with Crippen LogP contribution in [0.2, 0.25) is 0 Å². The molecule has 0 saturated heterocycles. The highest BCUT2D eigenvalue weighted by Crippen LogP contribution is 2.02. The summed E-state index contributed by atoms with van der Waals surface area (Å²) in [6.07, 6.45) is 0. The number of sulfonamides is 1. The highest BCUT2D eigenvalue weighted by atomic mass is 32.2. The highest BCUT2D eigenvalue weighted by Gasteiger charge is 2.26. The smallest absolute Gasteiger partial charge is 0.298 e. The van der Waals surface area contributed by atoms with Crippen molar-refractivity contribution in [1.29, 1.82) is 0 Å². The van der Waals surface area contributed by atoms with Crippen LogP contribution in [0.15, 0.2) is 0 Å². The lowest BCUT2D eigenvalue weighted by atomic mass is 10.3. The lowest BCUT2D eigenvalue weighted by Gasteiger charge is -2.09. The Morgan fingerprint density at radius 2 is 1.83 bits per heavy atom. The molecule has 0 heterocycles. The summed E-state index contributed by atoms with van der Waals surface area (Å²) in [7, 11) is -4.65. The molecule has 0 spiro atoms. The van der Waals surface area contributed by atoms with Crippen LogP contribution >= 0.6 is 0 Å². The Bertz CT molecular complexity index is 262. The molecule has 0 saturated carbocycles. The van der Waals surface area contributed by atoms with E-state index in [1.54, 1.807) is 0 Å². The van der Waals surface area contributed by atoms with E-state index >= 15 is 0 Å². The summed E-state index contributed by atoms with van der Waals surface area (Å²) < 4.78 is 45.7. The molecule has 0 aromatic rings. The monoisotopic (exact) mass is 201 g/mol. The van der Waals surface area contributed by atoms with E-state index in [1.807, 2.05) is 0 Å². The zero-order valence-corrected chi connectivity index (χ0v) is 7.36. The van der Waals surface area contributed by atoms with E-state index in [1.165, 1.54) is 11.6 Å². The first-order chi connectivity index (χ1) is 5.27. The topological polar surface area (TPSA) is 63.2 Å². The summed E-state index contributed by atoms with van der Waals surface area (Å²) in [4.78, 5) is 10.5. The van der Waals surface area contributed by atoms with Crippen molar-refractivity contribution in [3.8, 4) is 0 Å². The number of hydrogen-bond acceptors (Lipinski definition) is 3. The van der Waals surface area contributed by atoms with Crippen molar-refractivity contribution in [2.75, 3.05) is 0 Å². The molecule has 7 heteroatoms. The Labute approximate surface area is 69.0 Å². The standard InChI is InChI=1S/C5H9F2NO3S/c1-3(4(2)9)8-12(10,11)5(6)7/h3,5,8H,1-2H3. The fourth-order valence-corrected chi connectivity index (χ4v) is 1.14. The number of ketones is 1. The number of nitrogens with one attached hydrogen (secondary N) is 1. The molecule has 0 fully saturated rings. The van der Waals surface area contributed by atoms with Crippen molar-refractivity contribution in [3.63, 3.8) is 0 Å². The molecule has 0 aliphatic carbocycles. The van der Waals surface area contributed by atoms with Gasteiger partial charge in [-0.05, 0) is 13.8 Å². The van der Waals surface area contributed by atoms with Gasteiger partial charge in [-0.1, -0.05) is 0 Å². The number of rotatable bonds is 4. The minimum atomic E-state index is -4.65. The molecular formula is C5H9F2NO3S. The number of carbonyl (C=O) groups is 1. The number of carbonyl (C=O) groups excluding carboxylic acids is 1. The summed E-state index contributed by atoms with van der Waals surface area (Å²) in [5, 5.41) is 0.